The van der Waals surface area contributed by atoms with E-state index in [1.165, 1.54) is 0 Å². The van der Waals surface area contributed by atoms with Crippen molar-refractivity contribution in [2.24, 2.45) is 5.73 Å². The Morgan fingerprint density at radius 3 is 2.64 bits per heavy atom. The van der Waals surface area contributed by atoms with E-state index in [4.69, 9.17) is 11.0 Å². The van der Waals surface area contributed by atoms with E-state index in [1.54, 1.807) is 11.8 Å². The predicted molar refractivity (Wildman–Crippen MR) is 50.4 cm³/mol. The van der Waals surface area contributed by atoms with Gasteiger partial charge in [0.1, 0.15) is 0 Å². The molecule has 0 aliphatic heterocycles. The van der Waals surface area contributed by atoms with E-state index in [2.05, 4.69) is 13.0 Å². The quantitative estimate of drug-likeness (QED) is 0.687. The highest BCUT2D eigenvalue weighted by atomic mass is 32.2. The average molecular weight is 172 g/mol. The first kappa shape index (κ1) is 10.8. The molecule has 0 aromatic carbocycles. The van der Waals surface area contributed by atoms with E-state index in [0.717, 1.165) is 19.4 Å². The van der Waals surface area contributed by atoms with Crippen molar-refractivity contribution in [1.29, 1.82) is 5.26 Å². The van der Waals surface area contributed by atoms with E-state index in [-0.39, 0.29) is 5.25 Å². The summed E-state index contributed by atoms with van der Waals surface area (Å²) in [4.78, 5) is 0. The molecule has 0 fully saturated rings. The summed E-state index contributed by atoms with van der Waals surface area (Å²) in [5, 5.41) is 9.31. The van der Waals surface area contributed by atoms with Crippen molar-refractivity contribution in [3.05, 3.63) is 0 Å². The number of thioether (sulfide) groups is 1. The molecule has 0 aliphatic carbocycles. The van der Waals surface area contributed by atoms with Crippen LogP contribution in [0.3, 0.4) is 0 Å². The molecule has 0 heterocycles. The molecule has 0 radical (unpaired) electrons. The van der Waals surface area contributed by atoms with Crippen molar-refractivity contribution in [2.45, 2.75) is 37.2 Å². The molecule has 11 heavy (non-hydrogen) atoms. The molecule has 2 atom stereocenters. The Morgan fingerprint density at radius 1 is 1.64 bits per heavy atom. The van der Waals surface area contributed by atoms with Gasteiger partial charge in [0, 0.05) is 5.25 Å². The van der Waals surface area contributed by atoms with Crippen molar-refractivity contribution in [1.82, 2.24) is 0 Å². The fraction of sp³-hybridized carbons (Fsp3) is 0.875. The molecule has 0 rings (SSSR count). The molecule has 0 aromatic rings. The molecule has 2 unspecified atom stereocenters. The normalized spacial score (nSPS) is 15.5. The lowest BCUT2D eigenvalue weighted by Gasteiger charge is -2.12. The van der Waals surface area contributed by atoms with Crippen LogP contribution >= 0.6 is 11.8 Å². The Labute approximate surface area is 73.1 Å². The van der Waals surface area contributed by atoms with Gasteiger partial charge in [0.15, 0.2) is 0 Å². The van der Waals surface area contributed by atoms with Crippen LogP contribution in [-0.4, -0.2) is 17.0 Å². The van der Waals surface area contributed by atoms with Crippen LogP contribution in [0, 0.1) is 11.3 Å². The maximum Gasteiger partial charge on any atom is 0.0916 e. The Bertz CT molecular complexity index is 131. The maximum absolute atomic E-state index is 8.64. The highest BCUT2D eigenvalue weighted by molar-refractivity contribution is 8.00. The average Bonchev–Trinajstić information content (AvgIpc) is 2.01. The van der Waals surface area contributed by atoms with E-state index >= 15 is 0 Å². The Morgan fingerprint density at radius 2 is 2.27 bits per heavy atom. The van der Waals surface area contributed by atoms with Crippen LogP contribution in [0.15, 0.2) is 0 Å². The van der Waals surface area contributed by atoms with Crippen LogP contribution in [0.1, 0.15) is 26.7 Å². The third-order valence-electron chi connectivity index (χ3n) is 1.48. The van der Waals surface area contributed by atoms with Crippen molar-refractivity contribution in [2.75, 3.05) is 6.54 Å². The summed E-state index contributed by atoms with van der Waals surface area (Å²) >= 11 is 1.73. The summed E-state index contributed by atoms with van der Waals surface area (Å²) < 4.78 is 0. The molecule has 0 amide bonds. The molecule has 0 saturated heterocycles. The number of nitriles is 1. The minimum Gasteiger partial charge on any atom is -0.330 e. The standard InChI is InChI=1S/C8H16N2S/c1-3-8(6-10)11-7(2)4-5-9/h7-8H,3-5,9H2,1-2H3. The van der Waals surface area contributed by atoms with Crippen LogP contribution in [0.4, 0.5) is 0 Å². The number of nitrogens with zero attached hydrogens (tertiary/aromatic N) is 1. The molecule has 0 spiro atoms. The Hall–Kier alpha value is -0.200. The maximum atomic E-state index is 8.64. The molecule has 0 saturated carbocycles. The Kier molecular flexibility index (Phi) is 6.39. The minimum absolute atomic E-state index is 0.150. The Balaban J connectivity index is 3.55. The minimum atomic E-state index is 0.150. The fourth-order valence-electron chi connectivity index (χ4n) is 0.801. The summed E-state index contributed by atoms with van der Waals surface area (Å²) in [7, 11) is 0. The molecule has 0 aromatic heterocycles. The molecule has 2 nitrogen and oxygen atoms in total. The number of hydrogen-bond acceptors (Lipinski definition) is 3. The first-order valence-corrected chi connectivity index (χ1v) is 4.94. The second-order valence-electron chi connectivity index (χ2n) is 2.55. The van der Waals surface area contributed by atoms with Gasteiger partial charge < -0.3 is 5.73 Å². The van der Waals surface area contributed by atoms with Crippen molar-refractivity contribution in [3.63, 3.8) is 0 Å². The fourth-order valence-corrected chi connectivity index (χ4v) is 1.89. The molecule has 3 heteroatoms. The van der Waals surface area contributed by atoms with Crippen LogP contribution in [-0.2, 0) is 0 Å². The van der Waals surface area contributed by atoms with Crippen LogP contribution < -0.4 is 5.73 Å². The van der Waals surface area contributed by atoms with Crippen molar-refractivity contribution >= 4 is 11.8 Å². The van der Waals surface area contributed by atoms with Gasteiger partial charge in [-0.15, -0.1) is 11.8 Å². The lowest BCUT2D eigenvalue weighted by molar-refractivity contribution is 0.817. The van der Waals surface area contributed by atoms with Gasteiger partial charge in [-0.3, -0.25) is 0 Å². The number of nitrogens with two attached hydrogens (primary N) is 1. The third-order valence-corrected chi connectivity index (χ3v) is 2.95. The van der Waals surface area contributed by atoms with Gasteiger partial charge in [-0.25, -0.2) is 0 Å². The summed E-state index contributed by atoms with van der Waals surface area (Å²) in [6.07, 6.45) is 1.93. The van der Waals surface area contributed by atoms with E-state index in [0.29, 0.717) is 5.25 Å². The zero-order valence-corrected chi connectivity index (χ0v) is 8.03. The summed E-state index contributed by atoms with van der Waals surface area (Å²) in [5.74, 6) is 0. The van der Waals surface area contributed by atoms with E-state index in [1.807, 2.05) is 6.92 Å². The first-order valence-electron chi connectivity index (χ1n) is 3.99. The van der Waals surface area contributed by atoms with E-state index < -0.39 is 0 Å². The van der Waals surface area contributed by atoms with Gasteiger partial charge in [0.2, 0.25) is 0 Å². The zero-order chi connectivity index (χ0) is 8.69. The summed E-state index contributed by atoms with van der Waals surface area (Å²) in [5.41, 5.74) is 5.39. The van der Waals surface area contributed by atoms with Gasteiger partial charge in [-0.05, 0) is 19.4 Å². The highest BCUT2D eigenvalue weighted by Gasteiger charge is 2.09. The van der Waals surface area contributed by atoms with Crippen LogP contribution in [0.2, 0.25) is 0 Å². The predicted octanol–water partition coefficient (Wildman–Crippen LogP) is 1.76. The van der Waals surface area contributed by atoms with Gasteiger partial charge in [-0.1, -0.05) is 13.8 Å². The molecule has 0 bridgehead atoms. The van der Waals surface area contributed by atoms with Crippen molar-refractivity contribution < 1.29 is 0 Å². The van der Waals surface area contributed by atoms with Crippen molar-refractivity contribution in [3.8, 4) is 6.07 Å². The van der Waals surface area contributed by atoms with Crippen LogP contribution in [0.5, 0.6) is 0 Å². The van der Waals surface area contributed by atoms with Gasteiger partial charge in [0.05, 0.1) is 11.3 Å². The topological polar surface area (TPSA) is 49.8 Å². The van der Waals surface area contributed by atoms with E-state index in [9.17, 15) is 0 Å². The first-order chi connectivity index (χ1) is 5.24. The molecular formula is C8H16N2S. The SMILES string of the molecule is CCC(C#N)SC(C)CCN. The zero-order valence-electron chi connectivity index (χ0n) is 7.21. The highest BCUT2D eigenvalue weighted by Crippen LogP contribution is 2.21. The lowest BCUT2D eigenvalue weighted by atomic mass is 10.3. The molecule has 0 aliphatic rings. The largest absolute Gasteiger partial charge is 0.330 e. The third kappa shape index (κ3) is 5.11. The second-order valence-corrected chi connectivity index (χ2v) is 4.20. The second kappa shape index (κ2) is 6.51. The number of rotatable bonds is 5. The smallest absolute Gasteiger partial charge is 0.0916 e. The molecule has 2 N–H and O–H groups in total. The summed E-state index contributed by atoms with van der Waals surface area (Å²) in [6, 6.07) is 2.26. The van der Waals surface area contributed by atoms with Gasteiger partial charge in [-0.2, -0.15) is 5.26 Å². The molecular weight excluding hydrogens is 156 g/mol. The van der Waals surface area contributed by atoms with Gasteiger partial charge >= 0.3 is 0 Å². The lowest BCUT2D eigenvalue weighted by Crippen LogP contribution is -2.10. The van der Waals surface area contributed by atoms with Crippen LogP contribution in [0.25, 0.3) is 0 Å². The number of hydrogen-bond donors (Lipinski definition) is 1. The monoisotopic (exact) mass is 172 g/mol. The van der Waals surface area contributed by atoms with Gasteiger partial charge in [0.25, 0.3) is 0 Å². The molecule has 64 valence electrons. The summed E-state index contributed by atoms with van der Waals surface area (Å²) in [6.45, 7) is 4.88.